The molecule has 0 atom stereocenters. The van der Waals surface area contributed by atoms with Crippen LogP contribution in [0.3, 0.4) is 0 Å². The predicted octanol–water partition coefficient (Wildman–Crippen LogP) is 3.96. The van der Waals surface area contributed by atoms with Crippen LogP contribution >= 0.6 is 12.2 Å². The Kier molecular flexibility index (Phi) is 3.93. The molecule has 112 valence electrons. The largest absolute Gasteiger partial charge is 0.507 e. The number of aryl methyl sites for hydroxylation is 1. The van der Waals surface area contributed by atoms with Crippen LogP contribution in [-0.2, 0) is 6.67 Å². The molecular weight excluding hydrogens is 298 g/mol. The summed E-state index contributed by atoms with van der Waals surface area (Å²) in [4.78, 5) is 0.249. The normalized spacial score (nSPS) is 10.6. The molecule has 0 radical (unpaired) electrons. The SMILES string of the molecule is Cc1ccccc1NCn1nc(-c2ccccc2O)oc1=S. The summed E-state index contributed by atoms with van der Waals surface area (Å²) in [5.41, 5.74) is 2.66. The van der Waals surface area contributed by atoms with Gasteiger partial charge in [0.2, 0.25) is 0 Å². The maximum Gasteiger partial charge on any atom is 0.289 e. The van der Waals surface area contributed by atoms with Crippen molar-refractivity contribution in [2.75, 3.05) is 5.32 Å². The summed E-state index contributed by atoms with van der Waals surface area (Å²) in [6.07, 6.45) is 0. The van der Waals surface area contributed by atoms with E-state index in [0.29, 0.717) is 18.1 Å². The van der Waals surface area contributed by atoms with Gasteiger partial charge in [0.05, 0.1) is 5.56 Å². The van der Waals surface area contributed by atoms with Crippen molar-refractivity contribution in [1.82, 2.24) is 9.78 Å². The summed E-state index contributed by atoms with van der Waals surface area (Å²) in [6, 6.07) is 14.8. The minimum Gasteiger partial charge on any atom is -0.507 e. The van der Waals surface area contributed by atoms with Crippen LogP contribution in [0.25, 0.3) is 11.5 Å². The van der Waals surface area contributed by atoms with Gasteiger partial charge in [-0.1, -0.05) is 30.3 Å². The molecular formula is C16H15N3O2S. The van der Waals surface area contributed by atoms with E-state index in [0.717, 1.165) is 11.3 Å². The van der Waals surface area contributed by atoms with Crippen molar-refractivity contribution in [1.29, 1.82) is 0 Å². The summed E-state index contributed by atoms with van der Waals surface area (Å²) < 4.78 is 7.01. The highest BCUT2D eigenvalue weighted by Crippen LogP contribution is 2.27. The van der Waals surface area contributed by atoms with E-state index in [1.165, 1.54) is 0 Å². The fourth-order valence-electron chi connectivity index (χ4n) is 2.10. The molecule has 0 unspecified atom stereocenters. The first-order valence-corrected chi connectivity index (χ1v) is 7.22. The second kappa shape index (κ2) is 6.03. The number of phenols is 1. The van der Waals surface area contributed by atoms with Gasteiger partial charge in [-0.15, -0.1) is 5.10 Å². The first-order valence-electron chi connectivity index (χ1n) is 6.81. The molecule has 0 spiro atoms. The van der Waals surface area contributed by atoms with Crippen LogP contribution in [0.4, 0.5) is 5.69 Å². The number of aromatic hydroxyl groups is 1. The number of hydrogen-bond acceptors (Lipinski definition) is 5. The molecule has 0 aliphatic carbocycles. The molecule has 0 fully saturated rings. The molecule has 0 aliphatic heterocycles. The number of rotatable bonds is 4. The lowest BCUT2D eigenvalue weighted by molar-refractivity contribution is 0.471. The van der Waals surface area contributed by atoms with Crippen LogP contribution in [0, 0.1) is 11.8 Å². The Labute approximate surface area is 132 Å². The van der Waals surface area contributed by atoms with Gasteiger partial charge in [0.15, 0.2) is 0 Å². The van der Waals surface area contributed by atoms with Crippen LogP contribution in [-0.4, -0.2) is 14.9 Å². The number of nitrogens with zero attached hydrogens (tertiary/aromatic N) is 2. The van der Waals surface area contributed by atoms with E-state index in [2.05, 4.69) is 10.4 Å². The summed E-state index contributed by atoms with van der Waals surface area (Å²) in [7, 11) is 0. The zero-order valence-corrected chi connectivity index (χ0v) is 12.8. The van der Waals surface area contributed by atoms with Crippen molar-refractivity contribution in [2.45, 2.75) is 13.6 Å². The molecule has 0 saturated carbocycles. The summed E-state index contributed by atoms with van der Waals surface area (Å²) in [5, 5.41) is 17.4. The van der Waals surface area contributed by atoms with Gasteiger partial charge in [-0.25, -0.2) is 4.68 Å². The molecule has 6 heteroatoms. The monoisotopic (exact) mass is 313 g/mol. The summed E-state index contributed by atoms with van der Waals surface area (Å²) in [5.74, 6) is 0.410. The van der Waals surface area contributed by atoms with E-state index in [9.17, 15) is 5.11 Å². The van der Waals surface area contributed by atoms with Gasteiger partial charge in [-0.3, -0.25) is 0 Å². The van der Waals surface area contributed by atoms with E-state index < -0.39 is 0 Å². The lowest BCUT2D eigenvalue weighted by Crippen LogP contribution is -2.10. The third-order valence-electron chi connectivity index (χ3n) is 3.31. The minimum absolute atomic E-state index is 0.109. The Balaban J connectivity index is 1.83. The van der Waals surface area contributed by atoms with Crippen LogP contribution < -0.4 is 5.32 Å². The van der Waals surface area contributed by atoms with Gasteiger partial charge in [0, 0.05) is 5.69 Å². The van der Waals surface area contributed by atoms with Crippen molar-refractivity contribution in [3.05, 3.63) is 58.9 Å². The molecule has 0 bridgehead atoms. The fourth-order valence-corrected chi connectivity index (χ4v) is 2.29. The van der Waals surface area contributed by atoms with Crippen LogP contribution in [0.15, 0.2) is 52.9 Å². The third kappa shape index (κ3) is 2.87. The van der Waals surface area contributed by atoms with Crippen LogP contribution in [0.1, 0.15) is 5.56 Å². The molecule has 2 N–H and O–H groups in total. The van der Waals surface area contributed by atoms with Crippen molar-refractivity contribution in [2.24, 2.45) is 0 Å². The van der Waals surface area contributed by atoms with E-state index in [4.69, 9.17) is 16.6 Å². The number of benzene rings is 2. The predicted molar refractivity (Wildman–Crippen MR) is 87.2 cm³/mol. The van der Waals surface area contributed by atoms with E-state index >= 15 is 0 Å². The molecule has 1 heterocycles. The Morgan fingerprint density at radius 3 is 2.68 bits per heavy atom. The second-order valence-electron chi connectivity index (χ2n) is 4.84. The first-order chi connectivity index (χ1) is 10.6. The smallest absolute Gasteiger partial charge is 0.289 e. The molecule has 22 heavy (non-hydrogen) atoms. The van der Waals surface area contributed by atoms with Crippen molar-refractivity contribution in [3.63, 3.8) is 0 Å². The summed E-state index contributed by atoms with van der Waals surface area (Å²) >= 11 is 5.18. The number of phenolic OH excluding ortho intramolecular Hbond substituents is 1. The quantitative estimate of drug-likeness (QED) is 0.714. The van der Waals surface area contributed by atoms with Gasteiger partial charge in [-0.2, -0.15) is 0 Å². The lowest BCUT2D eigenvalue weighted by Gasteiger charge is -2.08. The highest BCUT2D eigenvalue weighted by atomic mass is 32.1. The van der Waals surface area contributed by atoms with Gasteiger partial charge >= 0.3 is 0 Å². The molecule has 0 amide bonds. The lowest BCUT2D eigenvalue weighted by atomic mass is 10.2. The zero-order chi connectivity index (χ0) is 15.5. The number of hydrogen-bond donors (Lipinski definition) is 2. The Morgan fingerprint density at radius 2 is 1.91 bits per heavy atom. The van der Waals surface area contributed by atoms with E-state index in [-0.39, 0.29) is 10.6 Å². The molecule has 3 rings (SSSR count). The molecule has 5 nitrogen and oxygen atoms in total. The Bertz CT molecular complexity index is 854. The van der Waals surface area contributed by atoms with Crippen molar-refractivity contribution >= 4 is 17.9 Å². The Hall–Kier alpha value is -2.60. The number of anilines is 1. The zero-order valence-electron chi connectivity index (χ0n) is 12.0. The number of para-hydroxylation sites is 2. The Morgan fingerprint density at radius 1 is 1.18 bits per heavy atom. The molecule has 1 aromatic heterocycles. The standard InChI is InChI=1S/C16H15N3O2S/c1-11-6-2-4-8-13(11)17-10-19-16(22)21-15(18-19)12-7-3-5-9-14(12)20/h2-9,17,20H,10H2,1H3. The maximum atomic E-state index is 9.85. The molecule has 0 aliphatic rings. The average molecular weight is 313 g/mol. The van der Waals surface area contributed by atoms with E-state index in [1.54, 1.807) is 28.9 Å². The van der Waals surface area contributed by atoms with Crippen LogP contribution in [0.2, 0.25) is 0 Å². The highest BCUT2D eigenvalue weighted by Gasteiger charge is 2.11. The number of nitrogens with one attached hydrogen (secondary N) is 1. The van der Waals surface area contributed by atoms with E-state index in [1.807, 2.05) is 31.2 Å². The van der Waals surface area contributed by atoms with Gasteiger partial charge < -0.3 is 14.8 Å². The average Bonchev–Trinajstić information content (AvgIpc) is 2.88. The topological polar surface area (TPSA) is 63.2 Å². The van der Waals surface area contributed by atoms with Crippen molar-refractivity contribution < 1.29 is 9.52 Å². The van der Waals surface area contributed by atoms with Gasteiger partial charge in [0.1, 0.15) is 12.4 Å². The summed E-state index contributed by atoms with van der Waals surface area (Å²) in [6.45, 7) is 2.42. The fraction of sp³-hybridized carbons (Fsp3) is 0.125. The highest BCUT2D eigenvalue weighted by molar-refractivity contribution is 7.71. The maximum absolute atomic E-state index is 9.85. The number of aromatic nitrogens is 2. The van der Waals surface area contributed by atoms with Crippen molar-refractivity contribution in [3.8, 4) is 17.2 Å². The minimum atomic E-state index is 0.109. The van der Waals surface area contributed by atoms with Gasteiger partial charge in [-0.05, 0) is 42.9 Å². The molecule has 2 aromatic carbocycles. The van der Waals surface area contributed by atoms with Gasteiger partial charge in [0.25, 0.3) is 10.7 Å². The molecule has 3 aromatic rings. The third-order valence-corrected chi connectivity index (χ3v) is 3.60. The van der Waals surface area contributed by atoms with Crippen LogP contribution in [0.5, 0.6) is 5.75 Å². The molecule has 0 saturated heterocycles. The second-order valence-corrected chi connectivity index (χ2v) is 5.19. The first kappa shape index (κ1) is 14.3.